The second-order valence-electron chi connectivity index (χ2n) is 4.27. The van der Waals surface area contributed by atoms with Gasteiger partial charge in [-0.1, -0.05) is 11.6 Å². The van der Waals surface area contributed by atoms with Crippen LogP contribution in [0.1, 0.15) is 5.69 Å². The molecular formula is C14H12ClN3O. The van der Waals surface area contributed by atoms with Gasteiger partial charge in [-0.3, -0.25) is 5.10 Å². The third-order valence-corrected chi connectivity index (χ3v) is 3.26. The first-order chi connectivity index (χ1) is 9.19. The number of hydrogen-bond donors (Lipinski definition) is 1. The standard InChI is InChI=1S/C14H12ClN3O/c1-8-7-11(15)13-14(16-8)12(17-18-13)9-3-5-10(19-2)6-4-9/h3-7H,1-2H3,(H,17,18). The molecule has 0 spiro atoms. The van der Waals surface area contributed by atoms with Crippen LogP contribution in [0.2, 0.25) is 5.02 Å². The van der Waals surface area contributed by atoms with Gasteiger partial charge in [0.25, 0.3) is 0 Å². The molecule has 3 aromatic rings. The lowest BCUT2D eigenvalue weighted by Gasteiger charge is -2.02. The Morgan fingerprint density at radius 1 is 1.16 bits per heavy atom. The molecule has 0 aliphatic rings. The predicted molar refractivity (Wildman–Crippen MR) is 75.6 cm³/mol. The Morgan fingerprint density at radius 2 is 1.89 bits per heavy atom. The highest BCUT2D eigenvalue weighted by atomic mass is 35.5. The number of halogens is 1. The zero-order valence-corrected chi connectivity index (χ0v) is 11.3. The Balaban J connectivity index is 2.19. The lowest BCUT2D eigenvalue weighted by Crippen LogP contribution is -1.86. The van der Waals surface area contributed by atoms with Gasteiger partial charge >= 0.3 is 0 Å². The van der Waals surface area contributed by atoms with Crippen LogP contribution < -0.4 is 4.74 Å². The van der Waals surface area contributed by atoms with Gasteiger partial charge in [0.05, 0.1) is 17.8 Å². The number of rotatable bonds is 2. The number of pyridine rings is 1. The van der Waals surface area contributed by atoms with Gasteiger partial charge in [-0.25, -0.2) is 4.98 Å². The van der Waals surface area contributed by atoms with Gasteiger partial charge in [-0.15, -0.1) is 0 Å². The van der Waals surface area contributed by atoms with E-state index < -0.39 is 0 Å². The maximum atomic E-state index is 6.17. The van der Waals surface area contributed by atoms with Gasteiger partial charge in [-0.05, 0) is 37.3 Å². The molecule has 2 heterocycles. The number of aryl methyl sites for hydroxylation is 1. The lowest BCUT2D eigenvalue weighted by atomic mass is 10.1. The third kappa shape index (κ3) is 2.04. The Bertz CT molecular complexity index is 734. The zero-order valence-electron chi connectivity index (χ0n) is 10.6. The van der Waals surface area contributed by atoms with E-state index in [1.807, 2.05) is 37.3 Å². The van der Waals surface area contributed by atoms with Gasteiger partial charge in [0.2, 0.25) is 0 Å². The molecule has 0 bridgehead atoms. The van der Waals surface area contributed by atoms with Crippen molar-refractivity contribution in [3.8, 4) is 17.0 Å². The minimum absolute atomic E-state index is 0.610. The summed E-state index contributed by atoms with van der Waals surface area (Å²) < 4.78 is 5.15. The number of methoxy groups -OCH3 is 1. The molecule has 5 heteroatoms. The zero-order chi connectivity index (χ0) is 13.4. The van der Waals surface area contributed by atoms with E-state index in [4.69, 9.17) is 16.3 Å². The fourth-order valence-corrected chi connectivity index (χ4v) is 2.32. The molecule has 0 saturated heterocycles. The molecule has 0 saturated carbocycles. The molecular weight excluding hydrogens is 262 g/mol. The summed E-state index contributed by atoms with van der Waals surface area (Å²) in [4.78, 5) is 4.51. The predicted octanol–water partition coefficient (Wildman–Crippen LogP) is 3.60. The van der Waals surface area contributed by atoms with Crippen molar-refractivity contribution in [3.05, 3.63) is 41.0 Å². The summed E-state index contributed by atoms with van der Waals surface area (Å²) in [5, 5.41) is 7.84. The van der Waals surface area contributed by atoms with E-state index in [2.05, 4.69) is 15.2 Å². The van der Waals surface area contributed by atoms with Crippen molar-refractivity contribution in [2.24, 2.45) is 0 Å². The van der Waals surface area contributed by atoms with E-state index in [0.717, 1.165) is 28.2 Å². The average molecular weight is 274 g/mol. The lowest BCUT2D eigenvalue weighted by molar-refractivity contribution is 0.415. The highest BCUT2D eigenvalue weighted by molar-refractivity contribution is 6.35. The van der Waals surface area contributed by atoms with Crippen LogP contribution in [-0.4, -0.2) is 22.3 Å². The maximum absolute atomic E-state index is 6.17. The highest BCUT2D eigenvalue weighted by Crippen LogP contribution is 2.30. The number of aromatic amines is 1. The van der Waals surface area contributed by atoms with Gasteiger partial charge in [0, 0.05) is 11.3 Å². The molecule has 2 aromatic heterocycles. The number of hydrogen-bond acceptors (Lipinski definition) is 3. The molecule has 19 heavy (non-hydrogen) atoms. The smallest absolute Gasteiger partial charge is 0.130 e. The quantitative estimate of drug-likeness (QED) is 0.776. The van der Waals surface area contributed by atoms with Crippen LogP contribution in [-0.2, 0) is 0 Å². The number of H-pyrrole nitrogens is 1. The molecule has 0 aliphatic heterocycles. The summed E-state index contributed by atoms with van der Waals surface area (Å²) in [6.07, 6.45) is 0. The first-order valence-corrected chi connectivity index (χ1v) is 6.22. The first kappa shape index (κ1) is 12.0. The topological polar surface area (TPSA) is 50.8 Å². The van der Waals surface area contributed by atoms with Crippen LogP contribution in [0.3, 0.4) is 0 Å². The molecule has 3 rings (SSSR count). The first-order valence-electron chi connectivity index (χ1n) is 5.84. The van der Waals surface area contributed by atoms with Crippen molar-refractivity contribution in [2.45, 2.75) is 6.92 Å². The molecule has 0 radical (unpaired) electrons. The van der Waals surface area contributed by atoms with Crippen molar-refractivity contribution < 1.29 is 4.74 Å². The molecule has 0 fully saturated rings. The Labute approximate surface area is 115 Å². The summed E-state index contributed by atoms with van der Waals surface area (Å²) in [6, 6.07) is 9.54. The van der Waals surface area contributed by atoms with Crippen molar-refractivity contribution in [2.75, 3.05) is 7.11 Å². The van der Waals surface area contributed by atoms with Crippen molar-refractivity contribution in [3.63, 3.8) is 0 Å². The monoisotopic (exact) mass is 273 g/mol. The summed E-state index contributed by atoms with van der Waals surface area (Å²) in [7, 11) is 1.64. The van der Waals surface area contributed by atoms with Crippen LogP contribution in [0.5, 0.6) is 5.75 Å². The maximum Gasteiger partial charge on any atom is 0.130 e. The van der Waals surface area contributed by atoms with Gasteiger partial charge < -0.3 is 4.74 Å². The van der Waals surface area contributed by atoms with Gasteiger partial charge in [0.15, 0.2) is 0 Å². The van der Waals surface area contributed by atoms with Crippen LogP contribution in [0, 0.1) is 6.92 Å². The van der Waals surface area contributed by atoms with Crippen LogP contribution >= 0.6 is 11.6 Å². The molecule has 4 nitrogen and oxygen atoms in total. The number of nitrogens with zero attached hydrogens (tertiary/aromatic N) is 2. The highest BCUT2D eigenvalue weighted by Gasteiger charge is 2.12. The molecule has 0 amide bonds. The van der Waals surface area contributed by atoms with Gasteiger partial charge in [0.1, 0.15) is 16.8 Å². The Hall–Kier alpha value is -2.07. The fraction of sp³-hybridized carbons (Fsp3) is 0.143. The molecule has 96 valence electrons. The minimum atomic E-state index is 0.610. The van der Waals surface area contributed by atoms with Crippen molar-refractivity contribution >= 4 is 22.6 Å². The summed E-state index contributed by atoms with van der Waals surface area (Å²) in [5.74, 6) is 0.815. The molecule has 0 unspecified atom stereocenters. The van der Waals surface area contributed by atoms with E-state index in [1.54, 1.807) is 7.11 Å². The minimum Gasteiger partial charge on any atom is -0.497 e. The van der Waals surface area contributed by atoms with Crippen molar-refractivity contribution in [1.29, 1.82) is 0 Å². The average Bonchev–Trinajstić information content (AvgIpc) is 2.83. The normalized spacial score (nSPS) is 10.9. The summed E-state index contributed by atoms with van der Waals surface area (Å²) in [5.41, 5.74) is 4.21. The van der Waals surface area contributed by atoms with Gasteiger partial charge in [-0.2, -0.15) is 5.10 Å². The molecule has 1 aromatic carbocycles. The van der Waals surface area contributed by atoms with Crippen LogP contribution in [0.15, 0.2) is 30.3 Å². The largest absolute Gasteiger partial charge is 0.497 e. The van der Waals surface area contributed by atoms with E-state index in [-0.39, 0.29) is 0 Å². The second kappa shape index (κ2) is 4.55. The summed E-state index contributed by atoms with van der Waals surface area (Å²) >= 11 is 6.17. The molecule has 0 aliphatic carbocycles. The fourth-order valence-electron chi connectivity index (χ4n) is 2.03. The number of benzene rings is 1. The number of aromatic nitrogens is 3. The van der Waals surface area contributed by atoms with E-state index in [1.165, 1.54) is 0 Å². The Kier molecular flexibility index (Phi) is 2.87. The van der Waals surface area contributed by atoms with Crippen molar-refractivity contribution in [1.82, 2.24) is 15.2 Å². The second-order valence-corrected chi connectivity index (χ2v) is 4.68. The number of fused-ring (bicyclic) bond motifs is 1. The van der Waals surface area contributed by atoms with E-state index in [0.29, 0.717) is 10.5 Å². The Morgan fingerprint density at radius 3 is 2.58 bits per heavy atom. The molecule has 1 N–H and O–H groups in total. The van der Waals surface area contributed by atoms with E-state index >= 15 is 0 Å². The molecule has 0 atom stereocenters. The SMILES string of the molecule is COc1ccc(-c2[nH]nc3c(Cl)cc(C)nc23)cc1. The van der Waals surface area contributed by atoms with Crippen LogP contribution in [0.4, 0.5) is 0 Å². The van der Waals surface area contributed by atoms with E-state index in [9.17, 15) is 0 Å². The number of ether oxygens (including phenoxy) is 1. The number of nitrogens with one attached hydrogen (secondary N) is 1. The summed E-state index contributed by atoms with van der Waals surface area (Å²) in [6.45, 7) is 1.91. The third-order valence-electron chi connectivity index (χ3n) is 2.97. The van der Waals surface area contributed by atoms with Crippen LogP contribution in [0.25, 0.3) is 22.3 Å².